The zero-order valence-electron chi connectivity index (χ0n) is 26.4. The number of para-hydroxylation sites is 1. The fraction of sp³-hybridized carbons (Fsp3) is 0.353. The molecule has 0 atom stereocenters. The van der Waals surface area contributed by atoms with Crippen LogP contribution in [0.4, 0.5) is 41.2 Å². The number of nitrogens with one attached hydrogen (secondary N) is 1. The SMILES string of the molecule is CCc1cccc(CC)c1-n1nc2c(c1-c1cc(C)c(NC(N)=O)cc1F)CN(Cc1ccc(C(F)(F)F)cc1C(F)(F)F)C2(C)C. The Morgan fingerprint density at radius 2 is 1.60 bits per heavy atom. The minimum Gasteiger partial charge on any atom is -0.351 e. The number of amides is 2. The lowest BCUT2D eigenvalue weighted by Gasteiger charge is -2.33. The summed E-state index contributed by atoms with van der Waals surface area (Å²) in [7, 11) is 0. The highest BCUT2D eigenvalue weighted by atomic mass is 19.4. The molecule has 3 aromatic carbocycles. The van der Waals surface area contributed by atoms with E-state index >= 15 is 4.39 Å². The number of urea groups is 1. The maximum atomic E-state index is 16.1. The van der Waals surface area contributed by atoms with Gasteiger partial charge in [-0.25, -0.2) is 13.9 Å². The number of primary amides is 1. The van der Waals surface area contributed by atoms with Crippen LogP contribution in [0.25, 0.3) is 16.9 Å². The Kier molecular flexibility index (Phi) is 8.67. The average molecular weight is 662 g/mol. The Morgan fingerprint density at radius 1 is 0.957 bits per heavy atom. The summed E-state index contributed by atoms with van der Waals surface area (Å²) in [5, 5.41) is 7.41. The molecule has 13 heteroatoms. The highest BCUT2D eigenvalue weighted by molar-refractivity contribution is 5.89. The molecule has 6 nitrogen and oxygen atoms in total. The summed E-state index contributed by atoms with van der Waals surface area (Å²) >= 11 is 0. The second-order valence-electron chi connectivity index (χ2n) is 12.1. The Morgan fingerprint density at radius 3 is 2.15 bits per heavy atom. The van der Waals surface area contributed by atoms with E-state index in [1.54, 1.807) is 36.4 Å². The number of hydrogen-bond acceptors (Lipinski definition) is 3. The van der Waals surface area contributed by atoms with Crippen LogP contribution in [0.3, 0.4) is 0 Å². The molecule has 2 amide bonds. The third kappa shape index (κ3) is 6.20. The summed E-state index contributed by atoms with van der Waals surface area (Å²) in [6, 6.07) is 9.32. The molecule has 47 heavy (non-hydrogen) atoms. The lowest BCUT2D eigenvalue weighted by molar-refractivity contribution is -0.143. The number of anilines is 1. The number of benzene rings is 3. The first-order chi connectivity index (χ1) is 21.9. The molecule has 0 unspecified atom stereocenters. The molecule has 1 aliphatic rings. The van der Waals surface area contributed by atoms with E-state index in [-0.39, 0.29) is 36.0 Å². The molecular formula is C34H34F7N5O. The maximum Gasteiger partial charge on any atom is 0.416 e. The summed E-state index contributed by atoms with van der Waals surface area (Å²) in [5.41, 5.74) is 6.13. The van der Waals surface area contributed by atoms with Gasteiger partial charge in [-0.15, -0.1) is 0 Å². The van der Waals surface area contributed by atoms with Crippen molar-refractivity contribution in [2.45, 2.75) is 78.4 Å². The number of fused-ring (bicyclic) bond motifs is 1. The van der Waals surface area contributed by atoms with E-state index in [0.717, 1.165) is 28.9 Å². The number of rotatable bonds is 7. The van der Waals surface area contributed by atoms with Crippen LogP contribution in [0, 0.1) is 12.7 Å². The van der Waals surface area contributed by atoms with Gasteiger partial charge in [-0.05, 0) is 80.1 Å². The van der Waals surface area contributed by atoms with Gasteiger partial charge in [-0.2, -0.15) is 31.4 Å². The molecule has 0 saturated carbocycles. The maximum absolute atomic E-state index is 16.1. The zero-order valence-corrected chi connectivity index (χ0v) is 26.4. The van der Waals surface area contributed by atoms with Crippen LogP contribution < -0.4 is 11.1 Å². The van der Waals surface area contributed by atoms with Gasteiger partial charge < -0.3 is 11.1 Å². The number of nitrogens with two attached hydrogens (primary N) is 1. The first-order valence-electron chi connectivity index (χ1n) is 15.0. The third-order valence-corrected chi connectivity index (χ3v) is 8.81. The van der Waals surface area contributed by atoms with E-state index in [1.165, 1.54) is 0 Å². The molecule has 0 fully saturated rings. The smallest absolute Gasteiger partial charge is 0.351 e. The Balaban J connectivity index is 1.71. The fourth-order valence-corrected chi connectivity index (χ4v) is 6.30. The predicted molar refractivity (Wildman–Crippen MR) is 164 cm³/mol. The average Bonchev–Trinajstić information content (AvgIpc) is 3.46. The van der Waals surface area contributed by atoms with Gasteiger partial charge in [-0.3, -0.25) is 4.90 Å². The summed E-state index contributed by atoms with van der Waals surface area (Å²) in [6.45, 7) is 8.87. The van der Waals surface area contributed by atoms with Crippen molar-refractivity contribution < 1.29 is 35.5 Å². The van der Waals surface area contributed by atoms with E-state index < -0.39 is 40.9 Å². The lowest BCUT2D eigenvalue weighted by atomic mass is 9.96. The first kappa shape index (κ1) is 34.0. The van der Waals surface area contributed by atoms with Crippen LogP contribution in [-0.4, -0.2) is 20.7 Å². The number of aryl methyl sites for hydroxylation is 3. The minimum absolute atomic E-state index is 0.0332. The number of carbonyl (C=O) groups is 1. The van der Waals surface area contributed by atoms with E-state index in [4.69, 9.17) is 10.8 Å². The van der Waals surface area contributed by atoms with Gasteiger partial charge in [0, 0.05) is 29.9 Å². The van der Waals surface area contributed by atoms with Crippen molar-refractivity contribution in [2.75, 3.05) is 5.32 Å². The Hall–Kier alpha value is -4.39. The summed E-state index contributed by atoms with van der Waals surface area (Å²) in [5.74, 6) is -0.686. The molecule has 4 aromatic rings. The Bertz CT molecular complexity index is 1830. The molecule has 0 saturated heterocycles. The molecule has 0 bridgehead atoms. The van der Waals surface area contributed by atoms with Crippen LogP contribution in [0.5, 0.6) is 0 Å². The minimum atomic E-state index is -5.03. The number of alkyl halides is 6. The molecule has 3 N–H and O–H groups in total. The quantitative estimate of drug-likeness (QED) is 0.194. The van der Waals surface area contributed by atoms with Gasteiger partial charge in [0.25, 0.3) is 0 Å². The van der Waals surface area contributed by atoms with Gasteiger partial charge in [-0.1, -0.05) is 38.1 Å². The summed E-state index contributed by atoms with van der Waals surface area (Å²) in [6.07, 6.45) is -8.70. The second kappa shape index (κ2) is 12.0. The number of nitrogens with zero attached hydrogens (tertiary/aromatic N) is 3. The summed E-state index contributed by atoms with van der Waals surface area (Å²) < 4.78 is 100. The van der Waals surface area contributed by atoms with Gasteiger partial charge in [0.15, 0.2) is 0 Å². The van der Waals surface area contributed by atoms with Crippen molar-refractivity contribution in [2.24, 2.45) is 5.73 Å². The van der Waals surface area contributed by atoms with Crippen molar-refractivity contribution >= 4 is 11.7 Å². The van der Waals surface area contributed by atoms with Gasteiger partial charge in [0.1, 0.15) is 5.82 Å². The number of carbonyl (C=O) groups excluding carboxylic acids is 1. The van der Waals surface area contributed by atoms with Crippen molar-refractivity contribution in [3.63, 3.8) is 0 Å². The molecular weight excluding hydrogens is 627 g/mol. The van der Waals surface area contributed by atoms with E-state index in [9.17, 15) is 31.1 Å². The highest BCUT2D eigenvalue weighted by Gasteiger charge is 2.45. The van der Waals surface area contributed by atoms with Crippen molar-refractivity contribution in [3.8, 4) is 16.9 Å². The molecule has 250 valence electrons. The standard InChI is InChI=1S/C34H34F7N5O/c1-6-19-9-8-10-20(7-2)28(19)46-29(23-13-18(3)27(15-26(23)35)43-31(42)47)24-17-45(32(4,5)30(24)44-46)16-21-11-12-22(33(36,37)38)14-25(21)34(39,40)41/h8-15H,6-7,16-17H2,1-5H3,(H3,42,43,47). The highest BCUT2D eigenvalue weighted by Crippen LogP contribution is 2.47. The van der Waals surface area contributed by atoms with Gasteiger partial charge in [0.2, 0.25) is 0 Å². The van der Waals surface area contributed by atoms with E-state index in [2.05, 4.69) is 5.32 Å². The third-order valence-electron chi connectivity index (χ3n) is 8.81. The van der Waals surface area contributed by atoms with Gasteiger partial charge >= 0.3 is 18.4 Å². The Labute approximate surface area is 267 Å². The molecule has 5 rings (SSSR count). The molecule has 1 aromatic heterocycles. The zero-order chi connectivity index (χ0) is 34.6. The van der Waals surface area contributed by atoms with Crippen LogP contribution in [0.15, 0.2) is 48.5 Å². The first-order valence-corrected chi connectivity index (χ1v) is 15.0. The lowest BCUT2D eigenvalue weighted by Crippen LogP contribution is -2.36. The van der Waals surface area contributed by atoms with E-state index in [1.807, 2.05) is 32.0 Å². The normalized spacial score (nSPS) is 14.8. The second-order valence-corrected chi connectivity index (χ2v) is 12.1. The number of hydrogen-bond donors (Lipinski definition) is 2. The monoisotopic (exact) mass is 661 g/mol. The molecule has 0 radical (unpaired) electrons. The largest absolute Gasteiger partial charge is 0.416 e. The topological polar surface area (TPSA) is 76.2 Å². The molecule has 0 spiro atoms. The number of aromatic nitrogens is 2. The van der Waals surface area contributed by atoms with Crippen LogP contribution in [0.1, 0.15) is 72.3 Å². The molecule has 0 aliphatic carbocycles. The number of halogens is 7. The fourth-order valence-electron chi connectivity index (χ4n) is 6.30. The molecule has 2 heterocycles. The van der Waals surface area contributed by atoms with Gasteiger partial charge in [0.05, 0.1) is 33.7 Å². The summed E-state index contributed by atoms with van der Waals surface area (Å²) in [4.78, 5) is 13.2. The van der Waals surface area contributed by atoms with Crippen molar-refractivity contribution in [3.05, 3.63) is 99.0 Å². The molecule has 1 aliphatic heterocycles. The van der Waals surface area contributed by atoms with Crippen molar-refractivity contribution in [1.82, 2.24) is 14.7 Å². The van der Waals surface area contributed by atoms with E-state index in [0.29, 0.717) is 41.4 Å². The predicted octanol–water partition coefficient (Wildman–Crippen LogP) is 8.89. The van der Waals surface area contributed by atoms with Crippen LogP contribution >= 0.6 is 0 Å². The van der Waals surface area contributed by atoms with Crippen molar-refractivity contribution in [1.29, 1.82) is 0 Å². The van der Waals surface area contributed by atoms with Crippen LogP contribution in [0.2, 0.25) is 0 Å². The van der Waals surface area contributed by atoms with Crippen LogP contribution in [-0.2, 0) is 43.8 Å².